The quantitative estimate of drug-likeness (QED) is 0.442. The highest BCUT2D eigenvalue weighted by molar-refractivity contribution is 9.10. The fourth-order valence-corrected chi connectivity index (χ4v) is 3.44. The Kier molecular flexibility index (Phi) is 7.02. The molecular formula is C22H22BrClN4O3. The van der Waals surface area contributed by atoms with E-state index in [1.54, 1.807) is 43.3 Å². The zero-order valence-corrected chi connectivity index (χ0v) is 19.6. The van der Waals surface area contributed by atoms with Crippen molar-refractivity contribution in [3.05, 3.63) is 63.2 Å². The van der Waals surface area contributed by atoms with Crippen LogP contribution in [-0.4, -0.2) is 28.4 Å². The molecule has 0 aliphatic carbocycles. The first-order valence-corrected chi connectivity index (χ1v) is 10.9. The van der Waals surface area contributed by atoms with E-state index in [0.29, 0.717) is 28.0 Å². The zero-order valence-electron chi connectivity index (χ0n) is 17.3. The van der Waals surface area contributed by atoms with Crippen molar-refractivity contribution in [3.63, 3.8) is 0 Å². The van der Waals surface area contributed by atoms with Gasteiger partial charge in [-0.25, -0.2) is 4.68 Å². The molecule has 1 aromatic heterocycles. The van der Waals surface area contributed by atoms with E-state index >= 15 is 0 Å². The van der Waals surface area contributed by atoms with E-state index in [4.69, 9.17) is 11.6 Å². The van der Waals surface area contributed by atoms with Crippen molar-refractivity contribution >= 4 is 61.8 Å². The van der Waals surface area contributed by atoms with Crippen molar-refractivity contribution < 1.29 is 14.4 Å². The first kappa shape index (κ1) is 22.8. The summed E-state index contributed by atoms with van der Waals surface area (Å²) in [6.07, 6.45) is 0.687. The van der Waals surface area contributed by atoms with Crippen LogP contribution in [0.5, 0.6) is 0 Å². The predicted molar refractivity (Wildman–Crippen MR) is 126 cm³/mol. The van der Waals surface area contributed by atoms with Gasteiger partial charge in [-0.3, -0.25) is 19.8 Å². The summed E-state index contributed by atoms with van der Waals surface area (Å²) in [5, 5.41) is 6.63. The molecule has 0 saturated heterocycles. The number of rotatable bonds is 5. The van der Waals surface area contributed by atoms with Gasteiger partial charge in [-0.2, -0.15) is 0 Å². The van der Waals surface area contributed by atoms with E-state index in [9.17, 15) is 14.4 Å². The van der Waals surface area contributed by atoms with Gasteiger partial charge in [0.2, 0.25) is 0 Å². The minimum absolute atomic E-state index is 0.148. The van der Waals surface area contributed by atoms with Crippen LogP contribution in [-0.2, 0) is 9.59 Å². The van der Waals surface area contributed by atoms with Gasteiger partial charge in [0.05, 0.1) is 5.52 Å². The molecule has 0 spiro atoms. The molecule has 0 unspecified atom stereocenters. The molecule has 9 heteroatoms. The molecule has 0 fully saturated rings. The smallest absolute Gasteiger partial charge is 0.328 e. The van der Waals surface area contributed by atoms with Gasteiger partial charge in [-0.1, -0.05) is 40.5 Å². The summed E-state index contributed by atoms with van der Waals surface area (Å²) in [6.45, 7) is 5.57. The van der Waals surface area contributed by atoms with Gasteiger partial charge < -0.3 is 10.6 Å². The standard InChI is InChI=1S/C22H22BrClN4O3/c1-4-13(3)25-21(30)22(31)27-28-18-8-6-15(23)9-14(18)10-19(28)20(29)26-16-7-5-12(2)17(24)11-16/h5-11,13H,4H2,1-3H3,(H,25,30)(H,26,29)(H,27,31)/t13-/m0/s1. The molecule has 0 saturated carbocycles. The lowest BCUT2D eigenvalue weighted by Gasteiger charge is -2.14. The number of aromatic nitrogens is 1. The van der Waals surface area contributed by atoms with Crippen LogP contribution < -0.4 is 16.1 Å². The number of nitrogens with one attached hydrogen (secondary N) is 3. The summed E-state index contributed by atoms with van der Waals surface area (Å²) >= 11 is 9.56. The van der Waals surface area contributed by atoms with E-state index in [1.165, 1.54) is 4.68 Å². The Morgan fingerprint density at radius 3 is 2.52 bits per heavy atom. The number of carbonyl (C=O) groups is 3. The molecule has 3 N–H and O–H groups in total. The van der Waals surface area contributed by atoms with Gasteiger partial charge in [-0.05, 0) is 62.2 Å². The fraction of sp³-hybridized carbons (Fsp3) is 0.227. The maximum absolute atomic E-state index is 13.0. The molecule has 0 bridgehead atoms. The van der Waals surface area contributed by atoms with Crippen LogP contribution in [0.25, 0.3) is 10.9 Å². The van der Waals surface area contributed by atoms with E-state index in [1.807, 2.05) is 19.9 Å². The van der Waals surface area contributed by atoms with E-state index in [-0.39, 0.29) is 11.7 Å². The topological polar surface area (TPSA) is 92.2 Å². The van der Waals surface area contributed by atoms with Crippen LogP contribution in [0.3, 0.4) is 0 Å². The van der Waals surface area contributed by atoms with Gasteiger partial charge in [0, 0.05) is 26.6 Å². The second-order valence-electron chi connectivity index (χ2n) is 7.21. The number of benzene rings is 2. The monoisotopic (exact) mass is 504 g/mol. The Morgan fingerprint density at radius 2 is 1.84 bits per heavy atom. The third-order valence-corrected chi connectivity index (χ3v) is 5.74. The molecule has 3 rings (SSSR count). The van der Waals surface area contributed by atoms with Crippen molar-refractivity contribution in [1.82, 2.24) is 9.99 Å². The number of hydrogen-bond donors (Lipinski definition) is 3. The van der Waals surface area contributed by atoms with Crippen molar-refractivity contribution in [2.45, 2.75) is 33.2 Å². The highest BCUT2D eigenvalue weighted by atomic mass is 79.9. The van der Waals surface area contributed by atoms with Crippen molar-refractivity contribution in [2.24, 2.45) is 0 Å². The molecule has 0 aliphatic heterocycles. The molecule has 3 amide bonds. The lowest BCUT2D eigenvalue weighted by Crippen LogP contribution is -2.43. The molecule has 31 heavy (non-hydrogen) atoms. The maximum atomic E-state index is 13.0. The Labute approximate surface area is 193 Å². The lowest BCUT2D eigenvalue weighted by molar-refractivity contribution is -0.137. The van der Waals surface area contributed by atoms with Crippen LogP contribution in [0.4, 0.5) is 5.69 Å². The number of aryl methyl sites for hydroxylation is 1. The Hall–Kier alpha value is -2.84. The van der Waals surface area contributed by atoms with Gasteiger partial charge in [0.25, 0.3) is 5.91 Å². The average molecular weight is 506 g/mol. The van der Waals surface area contributed by atoms with E-state index in [2.05, 4.69) is 32.0 Å². The number of halogens is 2. The molecule has 0 radical (unpaired) electrons. The highest BCUT2D eigenvalue weighted by Crippen LogP contribution is 2.25. The third-order valence-electron chi connectivity index (χ3n) is 4.84. The van der Waals surface area contributed by atoms with Crippen LogP contribution in [0.15, 0.2) is 46.9 Å². The first-order valence-electron chi connectivity index (χ1n) is 9.70. The van der Waals surface area contributed by atoms with E-state index in [0.717, 1.165) is 10.0 Å². The van der Waals surface area contributed by atoms with Crippen LogP contribution in [0.2, 0.25) is 5.02 Å². The molecule has 7 nitrogen and oxygen atoms in total. The molecule has 1 atom stereocenters. The number of anilines is 1. The van der Waals surface area contributed by atoms with Crippen LogP contribution in [0.1, 0.15) is 36.3 Å². The predicted octanol–water partition coefficient (Wildman–Crippen LogP) is 4.60. The summed E-state index contributed by atoms with van der Waals surface area (Å²) in [6, 6.07) is 12.0. The minimum atomic E-state index is -0.867. The first-order chi connectivity index (χ1) is 14.7. The molecule has 162 valence electrons. The van der Waals surface area contributed by atoms with Gasteiger partial charge in [-0.15, -0.1) is 0 Å². The SMILES string of the molecule is CC[C@H](C)NC(=O)C(=O)Nn1c(C(=O)Nc2ccc(C)c(Cl)c2)cc2cc(Br)ccc21. The summed E-state index contributed by atoms with van der Waals surface area (Å²) < 4.78 is 2.13. The van der Waals surface area contributed by atoms with Gasteiger partial charge in [0.15, 0.2) is 0 Å². The zero-order chi connectivity index (χ0) is 22.7. The molecular weight excluding hydrogens is 484 g/mol. The number of hydrogen-bond acceptors (Lipinski definition) is 3. The Bertz CT molecular complexity index is 1180. The maximum Gasteiger partial charge on any atom is 0.328 e. The summed E-state index contributed by atoms with van der Waals surface area (Å²) in [4.78, 5) is 37.7. The summed E-state index contributed by atoms with van der Waals surface area (Å²) in [5.74, 6) is -2.10. The van der Waals surface area contributed by atoms with Crippen LogP contribution >= 0.6 is 27.5 Å². The minimum Gasteiger partial charge on any atom is -0.345 e. The van der Waals surface area contributed by atoms with Crippen molar-refractivity contribution in [1.29, 1.82) is 0 Å². The van der Waals surface area contributed by atoms with Gasteiger partial charge >= 0.3 is 11.8 Å². The van der Waals surface area contributed by atoms with Crippen molar-refractivity contribution in [2.75, 3.05) is 10.7 Å². The van der Waals surface area contributed by atoms with Crippen molar-refractivity contribution in [3.8, 4) is 0 Å². The lowest BCUT2D eigenvalue weighted by atomic mass is 10.2. The second kappa shape index (κ2) is 9.53. The van der Waals surface area contributed by atoms with Gasteiger partial charge in [0.1, 0.15) is 5.69 Å². The third kappa shape index (κ3) is 5.26. The molecule has 1 heterocycles. The fourth-order valence-electron chi connectivity index (χ4n) is 2.88. The number of amides is 3. The number of fused-ring (bicyclic) bond motifs is 1. The largest absolute Gasteiger partial charge is 0.345 e. The molecule has 0 aliphatic rings. The Morgan fingerprint density at radius 1 is 1.10 bits per heavy atom. The highest BCUT2D eigenvalue weighted by Gasteiger charge is 2.21. The summed E-state index contributed by atoms with van der Waals surface area (Å²) in [7, 11) is 0. The van der Waals surface area contributed by atoms with E-state index < -0.39 is 17.7 Å². The molecule has 2 aromatic carbocycles. The number of nitrogens with zero attached hydrogens (tertiary/aromatic N) is 1. The normalized spacial score (nSPS) is 11.8. The summed E-state index contributed by atoms with van der Waals surface area (Å²) in [5.41, 5.74) is 4.66. The average Bonchev–Trinajstić information content (AvgIpc) is 3.07. The second-order valence-corrected chi connectivity index (χ2v) is 8.53. The molecule has 3 aromatic rings. The van der Waals surface area contributed by atoms with Crippen LogP contribution in [0, 0.1) is 6.92 Å². The number of carbonyl (C=O) groups excluding carboxylic acids is 3. The Balaban J connectivity index is 1.94.